The molecule has 8 heteroatoms. The van der Waals surface area contributed by atoms with E-state index in [0.717, 1.165) is 22.6 Å². The van der Waals surface area contributed by atoms with Crippen molar-refractivity contribution in [2.75, 3.05) is 7.05 Å². The van der Waals surface area contributed by atoms with Gasteiger partial charge in [-0.05, 0) is 26.1 Å². The van der Waals surface area contributed by atoms with Crippen molar-refractivity contribution in [3.05, 3.63) is 47.9 Å². The van der Waals surface area contributed by atoms with Crippen LogP contribution in [0.2, 0.25) is 0 Å². The van der Waals surface area contributed by atoms with E-state index >= 15 is 0 Å². The second-order valence-corrected chi connectivity index (χ2v) is 6.05. The third kappa shape index (κ3) is 3.03. The van der Waals surface area contributed by atoms with Crippen molar-refractivity contribution in [3.63, 3.8) is 0 Å². The van der Waals surface area contributed by atoms with Crippen molar-refractivity contribution in [1.29, 1.82) is 0 Å². The van der Waals surface area contributed by atoms with Gasteiger partial charge in [-0.2, -0.15) is 4.98 Å². The summed E-state index contributed by atoms with van der Waals surface area (Å²) in [6.07, 6.45) is 0. The maximum Gasteiger partial charge on any atom is 0.241 e. The van der Waals surface area contributed by atoms with Crippen molar-refractivity contribution in [2.24, 2.45) is 7.05 Å². The third-order valence-corrected chi connectivity index (χ3v) is 4.11. The molecule has 0 aliphatic rings. The van der Waals surface area contributed by atoms with Crippen molar-refractivity contribution >= 4 is 11.0 Å². The molecule has 0 saturated carbocycles. The van der Waals surface area contributed by atoms with Crippen LogP contribution < -0.4 is 0 Å². The Balaban J connectivity index is 1.48. The molecular formula is C17H18N6O2. The van der Waals surface area contributed by atoms with Gasteiger partial charge in [-0.15, -0.1) is 10.2 Å². The molecule has 128 valence electrons. The highest BCUT2D eigenvalue weighted by Gasteiger charge is 2.16. The topological polar surface area (TPSA) is 86.0 Å². The molecule has 0 radical (unpaired) electrons. The average molecular weight is 338 g/mol. The summed E-state index contributed by atoms with van der Waals surface area (Å²) in [5, 5.41) is 13.3. The van der Waals surface area contributed by atoms with Crippen LogP contribution in [0.5, 0.6) is 0 Å². The van der Waals surface area contributed by atoms with Crippen molar-refractivity contribution in [1.82, 2.24) is 29.8 Å². The number of para-hydroxylation sites is 1. The molecule has 0 aliphatic heterocycles. The summed E-state index contributed by atoms with van der Waals surface area (Å²) in [7, 11) is 3.92. The molecule has 8 nitrogen and oxygen atoms in total. The first-order chi connectivity index (χ1) is 12.1. The van der Waals surface area contributed by atoms with Crippen LogP contribution in [0.1, 0.15) is 17.5 Å². The van der Waals surface area contributed by atoms with E-state index in [9.17, 15) is 0 Å². The summed E-state index contributed by atoms with van der Waals surface area (Å²) >= 11 is 0. The van der Waals surface area contributed by atoms with E-state index in [1.54, 1.807) is 0 Å². The molecule has 0 spiro atoms. The van der Waals surface area contributed by atoms with Gasteiger partial charge >= 0.3 is 0 Å². The molecule has 4 aromatic rings. The van der Waals surface area contributed by atoms with Crippen LogP contribution in [0, 0.1) is 6.92 Å². The van der Waals surface area contributed by atoms with E-state index in [2.05, 4.69) is 20.3 Å². The molecular weight excluding hydrogens is 320 g/mol. The van der Waals surface area contributed by atoms with Crippen molar-refractivity contribution < 1.29 is 8.94 Å². The number of hydrogen-bond acceptors (Lipinski definition) is 7. The van der Waals surface area contributed by atoms with Gasteiger partial charge in [0, 0.05) is 12.4 Å². The van der Waals surface area contributed by atoms with Gasteiger partial charge in [0.05, 0.1) is 13.1 Å². The summed E-state index contributed by atoms with van der Waals surface area (Å²) in [6.45, 7) is 3.08. The molecule has 0 aliphatic carbocycles. The second-order valence-electron chi connectivity index (χ2n) is 6.05. The van der Waals surface area contributed by atoms with Gasteiger partial charge in [0.25, 0.3) is 0 Å². The molecule has 0 fully saturated rings. The van der Waals surface area contributed by atoms with E-state index in [-0.39, 0.29) is 0 Å². The van der Waals surface area contributed by atoms with Crippen LogP contribution in [0.3, 0.4) is 0 Å². The minimum atomic E-state index is 0.453. The highest BCUT2D eigenvalue weighted by Crippen LogP contribution is 2.25. The Morgan fingerprint density at radius 2 is 2.00 bits per heavy atom. The molecule has 0 atom stereocenters. The van der Waals surface area contributed by atoms with E-state index in [4.69, 9.17) is 8.94 Å². The molecule has 0 saturated heterocycles. The van der Waals surface area contributed by atoms with Gasteiger partial charge in [-0.1, -0.05) is 23.4 Å². The number of fused-ring (bicyclic) bond motifs is 1. The van der Waals surface area contributed by atoms with Gasteiger partial charge in [0.1, 0.15) is 17.2 Å². The van der Waals surface area contributed by atoms with Crippen molar-refractivity contribution in [2.45, 2.75) is 20.0 Å². The summed E-state index contributed by atoms with van der Waals surface area (Å²) in [6, 6.07) is 9.71. The SMILES string of the molecule is Cc1nnc(CN(C)Cc2nc(-c3cc4ccccc4o3)no2)n1C. The van der Waals surface area contributed by atoms with E-state index < -0.39 is 0 Å². The van der Waals surface area contributed by atoms with Gasteiger partial charge in [-0.25, -0.2) is 0 Å². The molecule has 1 aromatic carbocycles. The number of aryl methyl sites for hydroxylation is 1. The van der Waals surface area contributed by atoms with Gasteiger partial charge in [0.2, 0.25) is 11.7 Å². The van der Waals surface area contributed by atoms with E-state index in [0.29, 0.717) is 30.6 Å². The van der Waals surface area contributed by atoms with E-state index in [1.165, 1.54) is 0 Å². The average Bonchev–Trinajstić information content (AvgIpc) is 3.29. The Labute approximate surface area is 144 Å². The van der Waals surface area contributed by atoms with Crippen LogP contribution in [0.15, 0.2) is 39.3 Å². The van der Waals surface area contributed by atoms with Gasteiger partial charge in [0.15, 0.2) is 5.76 Å². The zero-order valence-electron chi connectivity index (χ0n) is 14.3. The van der Waals surface area contributed by atoms with Crippen LogP contribution >= 0.6 is 0 Å². The first kappa shape index (κ1) is 15.5. The second kappa shape index (κ2) is 6.14. The number of hydrogen-bond donors (Lipinski definition) is 0. The van der Waals surface area contributed by atoms with Crippen LogP contribution in [-0.4, -0.2) is 36.9 Å². The largest absolute Gasteiger partial charge is 0.453 e. The van der Waals surface area contributed by atoms with Crippen LogP contribution in [0.4, 0.5) is 0 Å². The molecule has 0 N–H and O–H groups in total. The number of rotatable bonds is 5. The summed E-state index contributed by atoms with van der Waals surface area (Å²) < 4.78 is 13.1. The highest BCUT2D eigenvalue weighted by molar-refractivity contribution is 5.81. The predicted molar refractivity (Wildman–Crippen MR) is 90.4 cm³/mol. The lowest BCUT2D eigenvalue weighted by Crippen LogP contribution is -2.20. The molecule has 4 rings (SSSR count). The van der Waals surface area contributed by atoms with Crippen LogP contribution in [0.25, 0.3) is 22.6 Å². The van der Waals surface area contributed by atoms with E-state index in [1.807, 2.05) is 60.8 Å². The minimum absolute atomic E-state index is 0.453. The molecule has 25 heavy (non-hydrogen) atoms. The predicted octanol–water partition coefficient (Wildman–Crippen LogP) is 2.55. The van der Waals surface area contributed by atoms with Crippen molar-refractivity contribution in [3.8, 4) is 11.6 Å². The Bertz CT molecular complexity index is 982. The maximum atomic E-state index is 5.77. The minimum Gasteiger partial charge on any atom is -0.453 e. The number of furan rings is 1. The quantitative estimate of drug-likeness (QED) is 0.553. The third-order valence-electron chi connectivity index (χ3n) is 4.11. The molecule has 0 bridgehead atoms. The Morgan fingerprint density at radius 3 is 2.76 bits per heavy atom. The lowest BCUT2D eigenvalue weighted by molar-refractivity contribution is 0.254. The summed E-state index contributed by atoms with van der Waals surface area (Å²) in [5.74, 6) is 3.35. The zero-order chi connectivity index (χ0) is 17.4. The van der Waals surface area contributed by atoms with Gasteiger partial charge < -0.3 is 13.5 Å². The molecule has 3 aromatic heterocycles. The number of nitrogens with zero attached hydrogens (tertiary/aromatic N) is 6. The lowest BCUT2D eigenvalue weighted by Gasteiger charge is -2.13. The molecule has 3 heterocycles. The Morgan fingerprint density at radius 1 is 1.16 bits per heavy atom. The maximum absolute atomic E-state index is 5.77. The highest BCUT2D eigenvalue weighted by atomic mass is 16.5. The summed E-state index contributed by atoms with van der Waals surface area (Å²) in [5.41, 5.74) is 0.804. The number of aromatic nitrogens is 5. The molecule has 0 unspecified atom stereocenters. The normalized spacial score (nSPS) is 11.7. The fourth-order valence-corrected chi connectivity index (χ4v) is 2.63. The first-order valence-electron chi connectivity index (χ1n) is 7.95. The zero-order valence-corrected chi connectivity index (χ0v) is 14.3. The smallest absolute Gasteiger partial charge is 0.241 e. The monoisotopic (exact) mass is 338 g/mol. The number of benzene rings is 1. The Kier molecular flexibility index (Phi) is 3.81. The summed E-state index contributed by atoms with van der Waals surface area (Å²) in [4.78, 5) is 6.47. The van der Waals surface area contributed by atoms with Crippen LogP contribution in [-0.2, 0) is 20.1 Å². The molecule has 0 amide bonds. The van der Waals surface area contributed by atoms with Gasteiger partial charge in [-0.3, -0.25) is 4.90 Å². The first-order valence-corrected chi connectivity index (χ1v) is 7.95. The fourth-order valence-electron chi connectivity index (χ4n) is 2.63. The Hall–Kier alpha value is -3.00. The lowest BCUT2D eigenvalue weighted by atomic mass is 10.2. The fraction of sp³-hybridized carbons (Fsp3) is 0.294. The standard InChI is InChI=1S/C17H18N6O2/c1-11-19-20-15(23(11)3)9-22(2)10-16-18-17(21-25-16)14-8-12-6-4-5-7-13(12)24-14/h4-8H,9-10H2,1-3H3.